The highest BCUT2D eigenvalue weighted by atomic mass is 16.6. The second-order valence-corrected chi connectivity index (χ2v) is 6.97. The van der Waals surface area contributed by atoms with Crippen LogP contribution in [0, 0.1) is 22.8 Å². The van der Waals surface area contributed by atoms with Crippen LogP contribution in [0.3, 0.4) is 0 Å². The van der Waals surface area contributed by atoms with Gasteiger partial charge in [-0.3, -0.25) is 10.3 Å². The molecular formula is C20H27N5O2. The number of nitrogens with one attached hydrogen (secondary N) is 2. The number of ether oxygens (including phenoxy) is 2. The molecule has 3 rings (SSSR count). The molecule has 0 spiro atoms. The summed E-state index contributed by atoms with van der Waals surface area (Å²) < 4.78 is 11.8. The van der Waals surface area contributed by atoms with Crippen LogP contribution in [0.15, 0.2) is 36.9 Å². The SMILES string of the molecule is C=CCNC(=N)N(C#N)CC1CCN(CC2COc3ccccc3O2)CC1. The highest BCUT2D eigenvalue weighted by Gasteiger charge is 2.27. The van der Waals surface area contributed by atoms with E-state index in [2.05, 4.69) is 23.0 Å². The third-order valence-corrected chi connectivity index (χ3v) is 4.98. The molecule has 2 aliphatic heterocycles. The van der Waals surface area contributed by atoms with Crippen molar-refractivity contribution in [3.8, 4) is 17.7 Å². The Morgan fingerprint density at radius 3 is 2.81 bits per heavy atom. The van der Waals surface area contributed by atoms with Gasteiger partial charge in [0.2, 0.25) is 5.96 Å². The summed E-state index contributed by atoms with van der Waals surface area (Å²) in [6.07, 6.45) is 5.85. The van der Waals surface area contributed by atoms with Crippen LogP contribution in [0.4, 0.5) is 0 Å². The molecule has 27 heavy (non-hydrogen) atoms. The number of piperidine rings is 1. The molecule has 0 saturated carbocycles. The Morgan fingerprint density at radius 2 is 2.11 bits per heavy atom. The second kappa shape index (κ2) is 9.28. The standard InChI is InChI=1S/C20H27N5O2/c1-2-9-23-20(22)25(15-21)12-16-7-10-24(11-8-16)13-17-14-26-18-5-3-4-6-19(18)27-17/h2-6,16-17H,1,7-14H2,(H2,22,23). The van der Waals surface area contributed by atoms with Crippen LogP contribution < -0.4 is 14.8 Å². The molecule has 0 bridgehead atoms. The Labute approximate surface area is 160 Å². The summed E-state index contributed by atoms with van der Waals surface area (Å²) in [5.74, 6) is 2.19. The molecule has 0 radical (unpaired) electrons. The highest BCUT2D eigenvalue weighted by Crippen LogP contribution is 2.31. The molecular weight excluding hydrogens is 342 g/mol. The van der Waals surface area contributed by atoms with Crippen LogP contribution in [-0.4, -0.2) is 61.2 Å². The minimum atomic E-state index is 0.0448. The lowest BCUT2D eigenvalue weighted by molar-refractivity contribution is 0.0470. The van der Waals surface area contributed by atoms with Crippen molar-refractivity contribution in [1.29, 1.82) is 10.7 Å². The Balaban J connectivity index is 1.42. The van der Waals surface area contributed by atoms with Crippen molar-refractivity contribution in [3.63, 3.8) is 0 Å². The van der Waals surface area contributed by atoms with E-state index >= 15 is 0 Å². The zero-order chi connectivity index (χ0) is 19.1. The van der Waals surface area contributed by atoms with Crippen LogP contribution in [0.5, 0.6) is 11.5 Å². The van der Waals surface area contributed by atoms with E-state index in [1.165, 1.54) is 4.90 Å². The number of fused-ring (bicyclic) bond motifs is 1. The van der Waals surface area contributed by atoms with Crippen molar-refractivity contribution in [2.24, 2.45) is 5.92 Å². The van der Waals surface area contributed by atoms with Gasteiger partial charge in [-0.15, -0.1) is 6.58 Å². The lowest BCUT2D eigenvalue weighted by Crippen LogP contribution is -2.46. The zero-order valence-corrected chi connectivity index (χ0v) is 15.6. The van der Waals surface area contributed by atoms with Gasteiger partial charge in [0.05, 0.1) is 0 Å². The predicted molar refractivity (Wildman–Crippen MR) is 104 cm³/mol. The van der Waals surface area contributed by atoms with E-state index in [0.29, 0.717) is 25.6 Å². The summed E-state index contributed by atoms with van der Waals surface area (Å²) in [6.45, 7) is 8.06. The average Bonchev–Trinajstić information content (AvgIpc) is 2.71. The molecule has 1 saturated heterocycles. The number of para-hydroxylation sites is 2. The van der Waals surface area contributed by atoms with Gasteiger partial charge in [0, 0.05) is 19.6 Å². The van der Waals surface area contributed by atoms with Gasteiger partial charge in [0.25, 0.3) is 0 Å². The number of nitriles is 1. The van der Waals surface area contributed by atoms with Gasteiger partial charge in [-0.05, 0) is 44.0 Å². The van der Waals surface area contributed by atoms with E-state index in [4.69, 9.17) is 14.9 Å². The quantitative estimate of drug-likeness (QED) is 0.262. The van der Waals surface area contributed by atoms with E-state index in [0.717, 1.165) is 44.0 Å². The van der Waals surface area contributed by atoms with Crippen LogP contribution >= 0.6 is 0 Å². The lowest BCUT2D eigenvalue weighted by atomic mass is 9.96. The number of likely N-dealkylation sites (tertiary alicyclic amines) is 1. The number of hydrogen-bond donors (Lipinski definition) is 2. The Bertz CT molecular complexity index is 694. The summed E-state index contributed by atoms with van der Waals surface area (Å²) >= 11 is 0. The maximum Gasteiger partial charge on any atom is 0.204 e. The Hall–Kier alpha value is -2.72. The van der Waals surface area contributed by atoms with Crippen molar-refractivity contribution in [3.05, 3.63) is 36.9 Å². The minimum absolute atomic E-state index is 0.0448. The second-order valence-electron chi connectivity index (χ2n) is 6.97. The van der Waals surface area contributed by atoms with Gasteiger partial charge in [-0.25, -0.2) is 4.90 Å². The molecule has 0 amide bonds. The topological polar surface area (TPSA) is 84.6 Å². The third kappa shape index (κ3) is 5.14. The monoisotopic (exact) mass is 369 g/mol. The largest absolute Gasteiger partial charge is 0.486 e. The Morgan fingerprint density at radius 1 is 1.37 bits per heavy atom. The normalized spacial score (nSPS) is 19.7. The first kappa shape index (κ1) is 19.1. The van der Waals surface area contributed by atoms with Crippen LogP contribution in [-0.2, 0) is 0 Å². The summed E-state index contributed by atoms with van der Waals surface area (Å²) in [6, 6.07) is 7.78. The van der Waals surface area contributed by atoms with E-state index in [9.17, 15) is 5.26 Å². The zero-order valence-electron chi connectivity index (χ0n) is 15.6. The van der Waals surface area contributed by atoms with Gasteiger partial charge in [0.15, 0.2) is 17.7 Å². The fraction of sp³-hybridized carbons (Fsp3) is 0.500. The summed E-state index contributed by atoms with van der Waals surface area (Å²) in [7, 11) is 0. The molecule has 1 fully saturated rings. The van der Waals surface area contributed by atoms with Crippen LogP contribution in [0.2, 0.25) is 0 Å². The van der Waals surface area contributed by atoms with Gasteiger partial charge < -0.3 is 14.8 Å². The van der Waals surface area contributed by atoms with E-state index < -0.39 is 0 Å². The summed E-state index contributed by atoms with van der Waals surface area (Å²) in [5.41, 5.74) is 0. The lowest BCUT2D eigenvalue weighted by Gasteiger charge is -2.36. The molecule has 1 aromatic rings. The van der Waals surface area contributed by atoms with E-state index in [1.807, 2.05) is 24.3 Å². The first-order chi connectivity index (χ1) is 13.2. The number of benzene rings is 1. The molecule has 2 N–H and O–H groups in total. The van der Waals surface area contributed by atoms with Crippen molar-refractivity contribution >= 4 is 5.96 Å². The molecule has 0 aromatic heterocycles. The van der Waals surface area contributed by atoms with Crippen molar-refractivity contribution in [2.45, 2.75) is 18.9 Å². The van der Waals surface area contributed by atoms with Gasteiger partial charge in [-0.1, -0.05) is 18.2 Å². The van der Waals surface area contributed by atoms with Gasteiger partial charge >= 0.3 is 0 Å². The molecule has 2 aliphatic rings. The smallest absolute Gasteiger partial charge is 0.204 e. The first-order valence-corrected chi connectivity index (χ1v) is 9.41. The minimum Gasteiger partial charge on any atom is -0.486 e. The van der Waals surface area contributed by atoms with Crippen LogP contribution in [0.1, 0.15) is 12.8 Å². The van der Waals surface area contributed by atoms with Crippen LogP contribution in [0.25, 0.3) is 0 Å². The molecule has 0 aliphatic carbocycles. The highest BCUT2D eigenvalue weighted by molar-refractivity contribution is 5.78. The Kier molecular flexibility index (Phi) is 6.55. The van der Waals surface area contributed by atoms with E-state index in [-0.39, 0.29) is 12.1 Å². The van der Waals surface area contributed by atoms with E-state index in [1.54, 1.807) is 6.08 Å². The molecule has 7 nitrogen and oxygen atoms in total. The predicted octanol–water partition coefficient (Wildman–Crippen LogP) is 2.03. The molecule has 7 heteroatoms. The summed E-state index contributed by atoms with van der Waals surface area (Å²) in [5, 5.41) is 20.1. The number of nitrogens with zero attached hydrogens (tertiary/aromatic N) is 3. The van der Waals surface area contributed by atoms with Gasteiger partial charge in [-0.2, -0.15) is 5.26 Å². The fourth-order valence-electron chi connectivity index (χ4n) is 3.50. The fourth-order valence-corrected chi connectivity index (χ4v) is 3.50. The van der Waals surface area contributed by atoms with Gasteiger partial charge in [0.1, 0.15) is 12.7 Å². The third-order valence-electron chi connectivity index (χ3n) is 4.98. The molecule has 1 aromatic carbocycles. The van der Waals surface area contributed by atoms with Crippen molar-refractivity contribution in [2.75, 3.05) is 39.3 Å². The molecule has 144 valence electrons. The van der Waals surface area contributed by atoms with Crippen molar-refractivity contribution < 1.29 is 9.47 Å². The summed E-state index contributed by atoms with van der Waals surface area (Å²) in [4.78, 5) is 3.83. The number of guanidine groups is 1. The maximum atomic E-state index is 9.30. The van der Waals surface area contributed by atoms with Crippen molar-refractivity contribution in [1.82, 2.24) is 15.1 Å². The molecule has 1 unspecified atom stereocenters. The number of hydrogen-bond acceptors (Lipinski definition) is 5. The first-order valence-electron chi connectivity index (χ1n) is 9.41. The molecule has 2 heterocycles. The molecule has 1 atom stereocenters. The number of rotatable bonds is 6. The maximum absolute atomic E-state index is 9.30. The average molecular weight is 369 g/mol.